The highest BCUT2D eigenvalue weighted by molar-refractivity contribution is 5.74. The average molecular weight is 238 g/mol. The van der Waals surface area contributed by atoms with E-state index >= 15 is 0 Å². The van der Waals surface area contributed by atoms with Gasteiger partial charge in [0.05, 0.1) is 0 Å². The Balaban J connectivity index is 2.38. The number of carbonyl (C=O) groups excluding carboxylic acids is 1. The summed E-state index contributed by atoms with van der Waals surface area (Å²) in [6.07, 6.45) is 1.15. The van der Waals surface area contributed by atoms with Crippen LogP contribution in [0.2, 0.25) is 0 Å². The predicted molar refractivity (Wildman–Crippen MR) is 66.1 cm³/mol. The van der Waals surface area contributed by atoms with Gasteiger partial charge in [0.2, 0.25) is 5.91 Å². The first kappa shape index (κ1) is 13.6. The molecule has 1 rings (SSSR count). The van der Waals surface area contributed by atoms with Gasteiger partial charge in [0.25, 0.3) is 0 Å². The normalized spacial score (nSPS) is 12.4. The van der Waals surface area contributed by atoms with E-state index in [2.05, 4.69) is 5.32 Å². The highest BCUT2D eigenvalue weighted by Gasteiger charge is 2.05. The van der Waals surface area contributed by atoms with Crippen molar-refractivity contribution in [2.45, 2.75) is 32.7 Å². The van der Waals surface area contributed by atoms with Crippen molar-refractivity contribution in [2.24, 2.45) is 5.73 Å². The van der Waals surface area contributed by atoms with Gasteiger partial charge in [-0.15, -0.1) is 0 Å². The largest absolute Gasteiger partial charge is 0.370 e. The molecule has 0 saturated heterocycles. The van der Waals surface area contributed by atoms with Crippen LogP contribution in [0.5, 0.6) is 0 Å². The summed E-state index contributed by atoms with van der Waals surface area (Å²) in [6, 6.07) is 4.87. The second-order valence-electron chi connectivity index (χ2n) is 4.35. The first-order chi connectivity index (χ1) is 7.99. The van der Waals surface area contributed by atoms with Crippen molar-refractivity contribution in [1.29, 1.82) is 0 Å². The Hall–Kier alpha value is -1.42. The molecule has 0 aromatic heterocycles. The molecule has 0 unspecified atom stereocenters. The lowest BCUT2D eigenvalue weighted by atomic mass is 10.1. The fourth-order valence-electron chi connectivity index (χ4n) is 1.77. The van der Waals surface area contributed by atoms with Crippen LogP contribution in [0.3, 0.4) is 0 Å². The molecule has 3 N–H and O–H groups in total. The summed E-state index contributed by atoms with van der Waals surface area (Å²) in [6.45, 7) is 4.56. The summed E-state index contributed by atoms with van der Waals surface area (Å²) in [5.41, 5.74) is 7.17. The lowest BCUT2D eigenvalue weighted by molar-refractivity contribution is -0.118. The minimum Gasteiger partial charge on any atom is -0.370 e. The van der Waals surface area contributed by atoms with Gasteiger partial charge < -0.3 is 11.1 Å². The third-order valence-corrected chi connectivity index (χ3v) is 2.70. The number of nitrogens with two attached hydrogens (primary N) is 1. The molecule has 0 aliphatic carbocycles. The topological polar surface area (TPSA) is 55.1 Å². The maximum absolute atomic E-state index is 12.9. The molecule has 94 valence electrons. The Morgan fingerprint density at radius 3 is 2.82 bits per heavy atom. The first-order valence-corrected chi connectivity index (χ1v) is 5.75. The number of amides is 1. The van der Waals surface area contributed by atoms with Gasteiger partial charge in [-0.2, -0.15) is 0 Å². The van der Waals surface area contributed by atoms with Crippen molar-refractivity contribution < 1.29 is 9.18 Å². The van der Waals surface area contributed by atoms with E-state index in [-0.39, 0.29) is 17.8 Å². The zero-order chi connectivity index (χ0) is 12.8. The quantitative estimate of drug-likeness (QED) is 0.789. The Bertz CT molecular complexity index is 393. The minimum absolute atomic E-state index is 0.0771. The second kappa shape index (κ2) is 6.35. The highest BCUT2D eigenvalue weighted by atomic mass is 19.1. The van der Waals surface area contributed by atoms with Crippen molar-refractivity contribution in [3.63, 3.8) is 0 Å². The van der Waals surface area contributed by atoms with Crippen LogP contribution in [0.25, 0.3) is 0 Å². The molecule has 0 heterocycles. The van der Waals surface area contributed by atoms with Gasteiger partial charge >= 0.3 is 0 Å². The van der Waals surface area contributed by atoms with Crippen LogP contribution < -0.4 is 11.1 Å². The number of rotatable bonds is 6. The van der Waals surface area contributed by atoms with E-state index in [9.17, 15) is 9.18 Å². The maximum atomic E-state index is 12.9. The minimum atomic E-state index is -0.303. The SMILES string of the molecule is Cc1cc(F)ccc1CCN[C@H](C)CC(N)=O. The summed E-state index contributed by atoms with van der Waals surface area (Å²) < 4.78 is 12.9. The van der Waals surface area contributed by atoms with Crippen LogP contribution in [0, 0.1) is 12.7 Å². The van der Waals surface area contributed by atoms with Gasteiger partial charge in [-0.1, -0.05) is 6.07 Å². The number of halogens is 1. The van der Waals surface area contributed by atoms with E-state index in [0.29, 0.717) is 6.42 Å². The molecule has 0 radical (unpaired) electrons. The molecule has 3 nitrogen and oxygen atoms in total. The second-order valence-corrected chi connectivity index (χ2v) is 4.35. The van der Waals surface area contributed by atoms with Crippen LogP contribution in [0.15, 0.2) is 18.2 Å². The smallest absolute Gasteiger partial charge is 0.218 e. The molecular weight excluding hydrogens is 219 g/mol. The van der Waals surface area contributed by atoms with Gasteiger partial charge in [0.15, 0.2) is 0 Å². The lowest BCUT2D eigenvalue weighted by Gasteiger charge is -2.12. The fourth-order valence-corrected chi connectivity index (χ4v) is 1.77. The number of aryl methyl sites for hydroxylation is 1. The number of benzene rings is 1. The molecule has 0 saturated carbocycles. The predicted octanol–water partition coefficient (Wildman–Crippen LogP) is 1.53. The summed E-state index contributed by atoms with van der Waals surface area (Å²) in [5, 5.41) is 3.21. The van der Waals surface area contributed by atoms with E-state index in [1.54, 1.807) is 6.07 Å². The molecule has 1 aromatic rings. The van der Waals surface area contributed by atoms with E-state index in [1.807, 2.05) is 13.8 Å². The van der Waals surface area contributed by atoms with Gasteiger partial charge in [0.1, 0.15) is 5.82 Å². The molecular formula is C13H19FN2O. The molecule has 1 atom stereocenters. The molecule has 1 aromatic carbocycles. The van der Waals surface area contributed by atoms with Crippen molar-refractivity contribution in [3.8, 4) is 0 Å². The number of hydrogen-bond acceptors (Lipinski definition) is 2. The highest BCUT2D eigenvalue weighted by Crippen LogP contribution is 2.10. The molecule has 0 bridgehead atoms. The molecule has 0 fully saturated rings. The molecule has 1 amide bonds. The van der Waals surface area contributed by atoms with Crippen molar-refractivity contribution in [2.75, 3.05) is 6.54 Å². The summed E-state index contributed by atoms with van der Waals surface area (Å²) in [4.78, 5) is 10.7. The third-order valence-electron chi connectivity index (χ3n) is 2.70. The van der Waals surface area contributed by atoms with Gasteiger partial charge in [-0.25, -0.2) is 4.39 Å². The Kier molecular flexibility index (Phi) is 5.10. The van der Waals surface area contributed by atoms with Crippen LogP contribution >= 0.6 is 0 Å². The number of nitrogens with one attached hydrogen (secondary N) is 1. The molecule has 0 spiro atoms. The summed E-state index contributed by atoms with van der Waals surface area (Å²) >= 11 is 0. The molecule has 17 heavy (non-hydrogen) atoms. The summed E-state index contributed by atoms with van der Waals surface area (Å²) in [7, 11) is 0. The average Bonchev–Trinajstić information content (AvgIpc) is 2.20. The zero-order valence-corrected chi connectivity index (χ0v) is 10.3. The fraction of sp³-hybridized carbons (Fsp3) is 0.462. The van der Waals surface area contributed by atoms with Gasteiger partial charge in [-0.3, -0.25) is 4.79 Å². The van der Waals surface area contributed by atoms with Gasteiger partial charge in [-0.05, 0) is 50.1 Å². The standard InChI is InChI=1S/C13H19FN2O/c1-9-7-12(14)4-3-11(9)5-6-16-10(2)8-13(15)17/h3-4,7,10,16H,5-6,8H2,1-2H3,(H2,15,17)/t10-/m1/s1. The van der Waals surface area contributed by atoms with E-state index in [0.717, 1.165) is 24.1 Å². The maximum Gasteiger partial charge on any atom is 0.218 e. The van der Waals surface area contributed by atoms with Crippen molar-refractivity contribution in [1.82, 2.24) is 5.32 Å². The monoisotopic (exact) mass is 238 g/mol. The van der Waals surface area contributed by atoms with Crippen LogP contribution in [-0.4, -0.2) is 18.5 Å². The number of carbonyl (C=O) groups is 1. The Labute approximate surface area is 101 Å². The van der Waals surface area contributed by atoms with E-state index in [1.165, 1.54) is 12.1 Å². The summed E-state index contributed by atoms with van der Waals surface area (Å²) in [5.74, 6) is -0.510. The molecule has 0 aliphatic heterocycles. The van der Waals surface area contributed by atoms with Crippen molar-refractivity contribution >= 4 is 5.91 Å². The Morgan fingerprint density at radius 2 is 2.24 bits per heavy atom. The third kappa shape index (κ3) is 4.95. The first-order valence-electron chi connectivity index (χ1n) is 5.75. The lowest BCUT2D eigenvalue weighted by Crippen LogP contribution is -2.32. The van der Waals surface area contributed by atoms with Crippen molar-refractivity contribution in [3.05, 3.63) is 35.1 Å². The Morgan fingerprint density at radius 1 is 1.53 bits per heavy atom. The molecule has 0 aliphatic rings. The zero-order valence-electron chi connectivity index (χ0n) is 10.3. The van der Waals surface area contributed by atoms with E-state index < -0.39 is 0 Å². The van der Waals surface area contributed by atoms with E-state index in [4.69, 9.17) is 5.73 Å². The number of primary amides is 1. The van der Waals surface area contributed by atoms with Crippen LogP contribution in [0.4, 0.5) is 4.39 Å². The van der Waals surface area contributed by atoms with Crippen LogP contribution in [-0.2, 0) is 11.2 Å². The van der Waals surface area contributed by atoms with Gasteiger partial charge in [0, 0.05) is 12.5 Å². The number of hydrogen-bond donors (Lipinski definition) is 2. The van der Waals surface area contributed by atoms with Crippen LogP contribution in [0.1, 0.15) is 24.5 Å². The molecule has 4 heteroatoms.